The van der Waals surface area contributed by atoms with E-state index in [1.54, 1.807) is 29.4 Å². The molecule has 6 heterocycles. The molecule has 0 unspecified atom stereocenters. The van der Waals surface area contributed by atoms with Gasteiger partial charge in [0.05, 0.1) is 0 Å². The number of carbonyl (C=O) groups is 12. The Hall–Kier alpha value is -14.8. The molecule has 139 heavy (non-hydrogen) atoms. The molecule has 28 heteroatoms. The summed E-state index contributed by atoms with van der Waals surface area (Å²) in [6, 6.07) is 64.9. The van der Waals surface area contributed by atoms with Crippen molar-refractivity contribution in [2.45, 2.75) is 146 Å². The lowest BCUT2D eigenvalue weighted by Gasteiger charge is -2.32. The first-order chi connectivity index (χ1) is 67.1. The van der Waals surface area contributed by atoms with Crippen LogP contribution in [0, 0.1) is 11.8 Å². The molecule has 0 aromatic heterocycles. The molecule has 0 bridgehead atoms. The third kappa shape index (κ3) is 26.1. The van der Waals surface area contributed by atoms with Crippen LogP contribution in [0.4, 0.5) is 51.2 Å². The molecule has 1 saturated carbocycles. The highest BCUT2D eigenvalue weighted by Gasteiger charge is 2.42. The Bertz CT molecular complexity index is 5930. The van der Waals surface area contributed by atoms with Crippen LogP contribution in [0.1, 0.15) is 175 Å². The van der Waals surface area contributed by atoms with Crippen molar-refractivity contribution in [2.24, 2.45) is 11.8 Å². The number of nitrogens with zero attached hydrogens (tertiary/aromatic N) is 9. The van der Waals surface area contributed by atoms with Crippen molar-refractivity contribution in [3.8, 4) is 0 Å². The Morgan fingerprint density at radius 3 is 0.727 bits per heavy atom. The highest BCUT2D eigenvalue weighted by atomic mass is 16.5. The average molecular weight is 1880 g/mol. The lowest BCUT2D eigenvalue weighted by Crippen LogP contribution is -2.46. The number of amides is 12. The summed E-state index contributed by atoms with van der Waals surface area (Å²) in [4.78, 5) is 171. The number of nitrogens with one attached hydrogen (secondary N) is 6. The van der Waals surface area contributed by atoms with Crippen molar-refractivity contribution in [1.82, 2.24) is 29.4 Å². The fourth-order valence-electron chi connectivity index (χ4n) is 18.4. The predicted octanol–water partition coefficient (Wildman–Crippen LogP) is 16.4. The van der Waals surface area contributed by atoms with Crippen molar-refractivity contribution in [1.29, 1.82) is 0 Å². The largest absolute Gasteiger partial charge is 0.378 e. The smallest absolute Gasteiger partial charge is 0.254 e. The van der Waals surface area contributed by atoms with Crippen molar-refractivity contribution in [2.75, 3.05) is 142 Å². The Kier molecular flexibility index (Phi) is 34.1. The second kappa shape index (κ2) is 47.3. The first kappa shape index (κ1) is 100. The monoisotopic (exact) mass is 1880 g/mol. The van der Waals surface area contributed by atoms with Gasteiger partial charge in [-0.1, -0.05) is 130 Å². The van der Waals surface area contributed by atoms with Gasteiger partial charge >= 0.3 is 0 Å². The zero-order chi connectivity index (χ0) is 98.3. The fraction of sp³-hybridized carbons (Fsp3) is 0.351. The van der Waals surface area contributed by atoms with E-state index in [4.69, 9.17) is 4.74 Å². The molecule has 7 aliphatic rings. The molecular formula is C111H127N15O13. The Balaban J connectivity index is 0.000000166. The van der Waals surface area contributed by atoms with Gasteiger partial charge in [-0.3, -0.25) is 57.5 Å². The number of hydrogen-bond acceptors (Lipinski definition) is 16. The molecule has 28 nitrogen and oxygen atoms in total. The normalized spacial score (nSPS) is 18.3. The number of likely N-dealkylation sites (tertiary alicyclic amines) is 6. The van der Waals surface area contributed by atoms with Gasteiger partial charge in [0.2, 0.25) is 53.2 Å². The molecular weight excluding hydrogens is 1750 g/mol. The van der Waals surface area contributed by atoms with Crippen LogP contribution in [0.15, 0.2) is 218 Å². The molecule has 6 atom stereocenters. The summed E-state index contributed by atoms with van der Waals surface area (Å²) >= 11 is 0. The van der Waals surface area contributed by atoms with E-state index >= 15 is 0 Å². The van der Waals surface area contributed by atoms with Crippen molar-refractivity contribution in [3.05, 3.63) is 268 Å². The standard InChI is InChI=1S/C38H43N5O4.C37H43N5O4.C36H41N5O5/c1-41(2)32-22-16-29(17-23-32)38(47)43-25-5-9-34(43)36(45)40-31-20-14-27(15-21-31)11-10-26-12-18-30(19-13-26)39-35(44)33-8-4-24-42(33)37(46)28-6-3-7-28;1-25(2)36(45)41-23-5-7-32(41)34(43)38-29-17-11-26(12-18-29)9-10-27-13-19-30(20-14-27)39-35(44)33-8-6-24-42(33)37(46)28-15-21-31(22-16-28)40(3)4;1-39(2)30-20-14-27(15-21-30)36(45)41-23-5-7-32(41)35(44)38-29-18-12-26(13-19-29)9-8-25-10-16-28(17-11-25)37-34(43)31-6-4-22-40(31)33(42)24-46-3/h10-23,28,33-34H,3-9,24-25H2,1-2H3,(H,39,44)(H,40,45);9-22,25,32-33H,5-8,23-24H2,1-4H3,(H,38,43)(H,39,44);8-21,31-32H,4-7,22-24H2,1-3H3,(H,37,43)(H,38,44)/b11-10+;10-9+;9-8+/t33-,34-;32-,33-;31-,32-/m000/s1. The van der Waals surface area contributed by atoms with Gasteiger partial charge in [-0.15, -0.1) is 0 Å². The number of carbonyl (C=O) groups excluding carboxylic acids is 12. The van der Waals surface area contributed by atoms with Gasteiger partial charge in [0.15, 0.2) is 0 Å². The molecule has 0 radical (unpaired) electrons. The van der Waals surface area contributed by atoms with Gasteiger partial charge in [-0.2, -0.15) is 0 Å². The quantitative estimate of drug-likeness (QED) is 0.0248. The van der Waals surface area contributed by atoms with E-state index < -0.39 is 30.2 Å². The average Bonchev–Trinajstić information content (AvgIpc) is 1.74. The predicted molar refractivity (Wildman–Crippen MR) is 550 cm³/mol. The summed E-state index contributed by atoms with van der Waals surface area (Å²) in [5, 5.41) is 17.8. The molecule has 1 aliphatic carbocycles. The Morgan fingerprint density at radius 2 is 0.504 bits per heavy atom. The number of hydrogen-bond donors (Lipinski definition) is 6. The minimum atomic E-state index is -0.511. The first-order valence-electron chi connectivity index (χ1n) is 48.2. The summed E-state index contributed by atoms with van der Waals surface area (Å²) in [6.07, 6.45) is 23.6. The third-order valence-corrected chi connectivity index (χ3v) is 26.6. The number of benzene rings is 9. The number of rotatable bonds is 28. The lowest BCUT2D eigenvalue weighted by molar-refractivity contribution is -0.142. The molecule has 724 valence electrons. The minimum absolute atomic E-state index is 0.0170. The van der Waals surface area contributed by atoms with Crippen LogP contribution >= 0.6 is 0 Å². The molecule has 6 N–H and O–H groups in total. The van der Waals surface area contributed by atoms with Gasteiger partial charge < -0.3 is 80.7 Å². The molecule has 12 amide bonds. The van der Waals surface area contributed by atoms with Gasteiger partial charge in [-0.05, 0) is 269 Å². The van der Waals surface area contributed by atoms with Gasteiger partial charge in [0, 0.05) is 168 Å². The molecule has 0 spiro atoms. The molecule has 6 saturated heterocycles. The van der Waals surface area contributed by atoms with Crippen LogP contribution in [0.5, 0.6) is 0 Å². The first-order valence-corrected chi connectivity index (χ1v) is 48.2. The van der Waals surface area contributed by atoms with Gasteiger partial charge in [-0.25, -0.2) is 0 Å². The summed E-state index contributed by atoms with van der Waals surface area (Å²) in [6.45, 7) is 7.20. The maximum atomic E-state index is 13.2. The topological polar surface area (TPSA) is 315 Å². The van der Waals surface area contributed by atoms with Crippen LogP contribution < -0.4 is 46.6 Å². The third-order valence-electron chi connectivity index (χ3n) is 26.6. The molecule has 7 fully saturated rings. The SMILES string of the molecule is CC(C)C(=O)N1CCC[C@H]1C(=O)Nc1ccc(/C=C/c2ccc(NC(=O)[C@@H]3CCCN3C(=O)c3ccc(N(C)C)cc3)cc2)cc1.CN(C)c1ccc(C(=O)N2CCC[C@H]2C(=O)Nc2ccc(/C=C/c3ccc(NC(=O)[C@@H]4CCCN4C(=O)C4CCC4)cc3)cc2)cc1.COCC(=O)N1CCC[C@H]1C(=O)Nc1ccc(/C=C/c2ccc(NC(=O)[C@@H]3CCCN3C(=O)c3ccc(N(C)C)cc3)cc2)cc1. The summed E-state index contributed by atoms with van der Waals surface area (Å²) in [5.74, 6) is -1.45. The Morgan fingerprint density at radius 1 is 0.288 bits per heavy atom. The molecule has 6 aliphatic heterocycles. The van der Waals surface area contributed by atoms with Crippen molar-refractivity contribution < 1.29 is 62.3 Å². The maximum Gasteiger partial charge on any atom is 0.254 e. The number of methoxy groups -OCH3 is 1. The van der Waals surface area contributed by atoms with Crippen LogP contribution in [0.25, 0.3) is 36.5 Å². The number of anilines is 9. The van der Waals surface area contributed by atoms with Crippen LogP contribution in [0.3, 0.4) is 0 Å². The summed E-state index contributed by atoms with van der Waals surface area (Å²) in [7, 11) is 13.2. The van der Waals surface area contributed by atoms with Crippen molar-refractivity contribution >= 4 is 159 Å². The van der Waals surface area contributed by atoms with E-state index in [0.717, 1.165) is 108 Å². The van der Waals surface area contributed by atoms with Gasteiger partial charge in [0.25, 0.3) is 17.7 Å². The minimum Gasteiger partial charge on any atom is -0.378 e. The lowest BCUT2D eigenvalue weighted by atomic mass is 9.84. The second-order valence-electron chi connectivity index (χ2n) is 37.3. The zero-order valence-corrected chi connectivity index (χ0v) is 80.8. The number of ether oxygens (including phenoxy) is 1. The van der Waals surface area contributed by atoms with Crippen LogP contribution in [0.2, 0.25) is 0 Å². The molecule has 16 rings (SSSR count). The van der Waals surface area contributed by atoms with Gasteiger partial charge in [0.1, 0.15) is 42.9 Å². The van der Waals surface area contributed by atoms with E-state index in [2.05, 4.69) is 31.9 Å². The van der Waals surface area contributed by atoms with Crippen LogP contribution in [-0.2, 0) is 47.9 Å². The Labute approximate surface area is 814 Å². The van der Waals surface area contributed by atoms with E-state index in [1.807, 2.05) is 326 Å². The summed E-state index contributed by atoms with van der Waals surface area (Å²) in [5.41, 5.74) is 14.6. The molecule has 9 aromatic rings. The zero-order valence-electron chi connectivity index (χ0n) is 80.8. The molecule has 9 aromatic carbocycles. The van der Waals surface area contributed by atoms with E-state index in [9.17, 15) is 57.5 Å². The van der Waals surface area contributed by atoms with Crippen molar-refractivity contribution in [3.63, 3.8) is 0 Å². The highest BCUT2D eigenvalue weighted by Crippen LogP contribution is 2.35. The fourth-order valence-corrected chi connectivity index (χ4v) is 18.4. The van der Waals surface area contributed by atoms with E-state index in [1.165, 1.54) is 7.11 Å². The summed E-state index contributed by atoms with van der Waals surface area (Å²) < 4.78 is 4.94. The van der Waals surface area contributed by atoms with Crippen LogP contribution in [-0.4, -0.2) is 232 Å². The highest BCUT2D eigenvalue weighted by molar-refractivity contribution is 6.06. The second-order valence-corrected chi connectivity index (χ2v) is 37.3. The van der Waals surface area contributed by atoms with E-state index in [0.29, 0.717) is 129 Å². The maximum absolute atomic E-state index is 13.2. The van der Waals surface area contributed by atoms with E-state index in [-0.39, 0.29) is 95.4 Å².